The van der Waals surface area contributed by atoms with Crippen LogP contribution in [0.1, 0.15) is 34.8 Å². The van der Waals surface area contributed by atoms with E-state index in [1.54, 1.807) is 0 Å². The first-order chi connectivity index (χ1) is 7.54. The second-order valence-corrected chi connectivity index (χ2v) is 4.06. The molecule has 84 valence electrons. The van der Waals surface area contributed by atoms with Crippen molar-refractivity contribution in [3.05, 3.63) is 34.9 Å². The number of nitriles is 1. The van der Waals surface area contributed by atoms with Crippen molar-refractivity contribution in [1.82, 2.24) is 5.32 Å². The number of hydrogen-bond acceptors (Lipinski definition) is 2. The largest absolute Gasteiger partial charge is 0.349 e. The highest BCUT2D eigenvalue weighted by Gasteiger charge is 2.11. The van der Waals surface area contributed by atoms with Crippen LogP contribution >= 0.6 is 0 Å². The minimum absolute atomic E-state index is 0.111. The second kappa shape index (κ2) is 5.32. The number of rotatable bonds is 3. The van der Waals surface area contributed by atoms with E-state index in [0.29, 0.717) is 12.0 Å². The lowest BCUT2D eigenvalue weighted by molar-refractivity contribution is 0.0940. The van der Waals surface area contributed by atoms with E-state index in [9.17, 15) is 4.79 Å². The minimum Gasteiger partial charge on any atom is -0.349 e. The van der Waals surface area contributed by atoms with Crippen LogP contribution in [0.15, 0.2) is 18.2 Å². The summed E-state index contributed by atoms with van der Waals surface area (Å²) < 4.78 is 0. The monoisotopic (exact) mass is 216 g/mol. The molecule has 1 rings (SSSR count). The van der Waals surface area contributed by atoms with Crippen LogP contribution in [0, 0.1) is 25.2 Å². The summed E-state index contributed by atoms with van der Waals surface area (Å²) >= 11 is 0. The number of carbonyl (C=O) groups is 1. The summed E-state index contributed by atoms with van der Waals surface area (Å²) in [5.74, 6) is -0.111. The lowest BCUT2D eigenvalue weighted by atomic mass is 10.0. The fraction of sp³-hybridized carbons (Fsp3) is 0.385. The normalized spacial score (nSPS) is 11.6. The average molecular weight is 216 g/mol. The quantitative estimate of drug-likeness (QED) is 0.843. The van der Waals surface area contributed by atoms with Crippen LogP contribution in [-0.4, -0.2) is 11.9 Å². The Morgan fingerprint density at radius 2 is 2.19 bits per heavy atom. The van der Waals surface area contributed by atoms with Crippen LogP contribution in [-0.2, 0) is 0 Å². The van der Waals surface area contributed by atoms with Crippen molar-refractivity contribution in [3.63, 3.8) is 0 Å². The van der Waals surface area contributed by atoms with E-state index in [-0.39, 0.29) is 11.9 Å². The van der Waals surface area contributed by atoms with Gasteiger partial charge in [0.15, 0.2) is 0 Å². The maximum absolute atomic E-state index is 11.8. The van der Waals surface area contributed by atoms with Gasteiger partial charge in [0, 0.05) is 11.6 Å². The SMILES string of the molecule is Cc1ccc(C(=O)NC(C)CC#N)c(C)c1. The number of nitrogens with one attached hydrogen (secondary N) is 1. The lowest BCUT2D eigenvalue weighted by Gasteiger charge is -2.12. The molecule has 0 aliphatic heterocycles. The molecule has 0 saturated heterocycles. The molecule has 0 spiro atoms. The molecule has 0 aromatic heterocycles. The van der Waals surface area contributed by atoms with E-state index in [2.05, 4.69) is 5.32 Å². The molecule has 0 fully saturated rings. The van der Waals surface area contributed by atoms with Gasteiger partial charge in [-0.05, 0) is 32.4 Å². The molecule has 1 aromatic rings. The first-order valence-corrected chi connectivity index (χ1v) is 5.29. The maximum Gasteiger partial charge on any atom is 0.251 e. The second-order valence-electron chi connectivity index (χ2n) is 4.06. The number of nitrogens with zero attached hydrogens (tertiary/aromatic N) is 1. The molecule has 1 amide bonds. The summed E-state index contributed by atoms with van der Waals surface area (Å²) in [6.45, 7) is 5.73. The third kappa shape index (κ3) is 3.09. The zero-order valence-electron chi connectivity index (χ0n) is 9.87. The van der Waals surface area contributed by atoms with Crippen molar-refractivity contribution in [2.45, 2.75) is 33.2 Å². The predicted molar refractivity (Wildman–Crippen MR) is 63.1 cm³/mol. The van der Waals surface area contributed by atoms with Crippen LogP contribution < -0.4 is 5.32 Å². The molecule has 0 aliphatic carbocycles. The first kappa shape index (κ1) is 12.3. The molecule has 1 unspecified atom stereocenters. The average Bonchev–Trinajstić information content (AvgIpc) is 2.17. The summed E-state index contributed by atoms with van der Waals surface area (Å²) in [5, 5.41) is 11.3. The van der Waals surface area contributed by atoms with Gasteiger partial charge >= 0.3 is 0 Å². The molecule has 1 atom stereocenters. The molecule has 0 aliphatic rings. The van der Waals surface area contributed by atoms with E-state index in [1.807, 2.05) is 45.0 Å². The lowest BCUT2D eigenvalue weighted by Crippen LogP contribution is -2.32. The van der Waals surface area contributed by atoms with Gasteiger partial charge < -0.3 is 5.32 Å². The Morgan fingerprint density at radius 1 is 1.50 bits per heavy atom. The number of hydrogen-bond donors (Lipinski definition) is 1. The minimum atomic E-state index is -0.113. The Labute approximate surface area is 96.1 Å². The van der Waals surface area contributed by atoms with E-state index in [0.717, 1.165) is 11.1 Å². The van der Waals surface area contributed by atoms with Crippen molar-refractivity contribution in [1.29, 1.82) is 5.26 Å². The Balaban J connectivity index is 2.78. The van der Waals surface area contributed by atoms with Gasteiger partial charge in [-0.15, -0.1) is 0 Å². The Kier molecular flexibility index (Phi) is 4.07. The predicted octanol–water partition coefficient (Wildman–Crippen LogP) is 2.34. The van der Waals surface area contributed by atoms with Crippen LogP contribution in [0.25, 0.3) is 0 Å². The first-order valence-electron chi connectivity index (χ1n) is 5.29. The van der Waals surface area contributed by atoms with Gasteiger partial charge in [0.1, 0.15) is 0 Å². The van der Waals surface area contributed by atoms with Gasteiger partial charge in [0.2, 0.25) is 0 Å². The molecule has 0 saturated carbocycles. The molecular weight excluding hydrogens is 200 g/mol. The van der Waals surface area contributed by atoms with Gasteiger partial charge in [-0.25, -0.2) is 0 Å². The number of benzene rings is 1. The van der Waals surface area contributed by atoms with Crippen molar-refractivity contribution in [2.75, 3.05) is 0 Å². The van der Waals surface area contributed by atoms with E-state index in [1.165, 1.54) is 0 Å². The van der Waals surface area contributed by atoms with Gasteiger partial charge in [-0.3, -0.25) is 4.79 Å². The highest BCUT2D eigenvalue weighted by atomic mass is 16.1. The van der Waals surface area contributed by atoms with Crippen molar-refractivity contribution >= 4 is 5.91 Å². The Morgan fingerprint density at radius 3 is 2.75 bits per heavy atom. The van der Waals surface area contributed by atoms with Crippen LogP contribution in [0.5, 0.6) is 0 Å². The van der Waals surface area contributed by atoms with E-state index in [4.69, 9.17) is 5.26 Å². The number of aryl methyl sites for hydroxylation is 2. The van der Waals surface area contributed by atoms with Gasteiger partial charge in [-0.2, -0.15) is 5.26 Å². The van der Waals surface area contributed by atoms with Crippen molar-refractivity contribution in [2.24, 2.45) is 0 Å². The number of amides is 1. The standard InChI is InChI=1S/C13H16N2O/c1-9-4-5-12(10(2)8-9)13(16)15-11(3)6-7-14/h4-5,8,11H,6H2,1-3H3,(H,15,16). The zero-order chi connectivity index (χ0) is 12.1. The summed E-state index contributed by atoms with van der Waals surface area (Å²) in [7, 11) is 0. The molecule has 0 bridgehead atoms. The topological polar surface area (TPSA) is 52.9 Å². The Bertz CT molecular complexity index is 432. The maximum atomic E-state index is 11.8. The molecular formula is C13H16N2O. The van der Waals surface area contributed by atoms with Crippen LogP contribution in [0.4, 0.5) is 0 Å². The van der Waals surface area contributed by atoms with E-state index < -0.39 is 0 Å². The van der Waals surface area contributed by atoms with E-state index >= 15 is 0 Å². The zero-order valence-corrected chi connectivity index (χ0v) is 9.87. The highest BCUT2D eigenvalue weighted by Crippen LogP contribution is 2.10. The molecule has 3 nitrogen and oxygen atoms in total. The fourth-order valence-corrected chi connectivity index (χ4v) is 1.56. The molecule has 16 heavy (non-hydrogen) atoms. The highest BCUT2D eigenvalue weighted by molar-refractivity contribution is 5.95. The molecule has 1 N–H and O–H groups in total. The molecule has 3 heteroatoms. The van der Waals surface area contributed by atoms with Crippen LogP contribution in [0.3, 0.4) is 0 Å². The fourth-order valence-electron chi connectivity index (χ4n) is 1.56. The molecule has 0 heterocycles. The van der Waals surface area contributed by atoms with Gasteiger partial charge in [-0.1, -0.05) is 17.7 Å². The summed E-state index contributed by atoms with van der Waals surface area (Å²) in [5.41, 5.74) is 2.77. The number of carbonyl (C=O) groups excluding carboxylic acids is 1. The van der Waals surface area contributed by atoms with Crippen molar-refractivity contribution < 1.29 is 4.79 Å². The summed E-state index contributed by atoms with van der Waals surface area (Å²) in [6, 6.07) is 7.63. The van der Waals surface area contributed by atoms with Crippen LogP contribution in [0.2, 0.25) is 0 Å². The van der Waals surface area contributed by atoms with Crippen molar-refractivity contribution in [3.8, 4) is 6.07 Å². The smallest absolute Gasteiger partial charge is 0.251 e. The molecule has 0 radical (unpaired) electrons. The van der Waals surface area contributed by atoms with Gasteiger partial charge in [0.25, 0.3) is 5.91 Å². The summed E-state index contributed by atoms with van der Waals surface area (Å²) in [4.78, 5) is 11.8. The Hall–Kier alpha value is -1.82. The third-order valence-corrected chi connectivity index (χ3v) is 2.40. The molecule has 1 aromatic carbocycles. The van der Waals surface area contributed by atoms with Gasteiger partial charge in [0.05, 0.1) is 12.5 Å². The third-order valence-electron chi connectivity index (χ3n) is 2.40. The summed E-state index contributed by atoms with van der Waals surface area (Å²) in [6.07, 6.45) is 0.330.